The number of ether oxygens (including phenoxy) is 2. The van der Waals surface area contributed by atoms with Crippen LogP contribution in [-0.4, -0.2) is 19.7 Å². The van der Waals surface area contributed by atoms with Crippen molar-refractivity contribution >= 4 is 5.97 Å². The Morgan fingerprint density at radius 1 is 1.33 bits per heavy atom. The van der Waals surface area contributed by atoms with Crippen molar-refractivity contribution in [1.29, 1.82) is 0 Å². The molecule has 3 heteroatoms. The second kappa shape index (κ2) is 5.89. The van der Waals surface area contributed by atoms with E-state index in [-0.39, 0.29) is 12.4 Å². The summed E-state index contributed by atoms with van der Waals surface area (Å²) >= 11 is 0. The molecule has 98 valence electrons. The molecule has 0 aromatic heterocycles. The lowest BCUT2D eigenvalue weighted by molar-refractivity contribution is -0.142. The van der Waals surface area contributed by atoms with Crippen molar-refractivity contribution in [1.82, 2.24) is 0 Å². The molecule has 1 aromatic carbocycles. The number of carbonyl (C=O) groups is 1. The molecule has 1 fully saturated rings. The van der Waals surface area contributed by atoms with Crippen LogP contribution in [-0.2, 0) is 22.4 Å². The molecule has 0 bridgehead atoms. The van der Waals surface area contributed by atoms with E-state index in [1.54, 1.807) is 7.11 Å². The lowest BCUT2D eigenvalue weighted by Gasteiger charge is -2.13. The molecule has 1 aromatic rings. The Kier molecular flexibility index (Phi) is 4.24. The Labute approximate surface area is 108 Å². The number of para-hydroxylation sites is 1. The minimum atomic E-state index is -0.195. The van der Waals surface area contributed by atoms with Crippen LogP contribution in [0.4, 0.5) is 0 Å². The summed E-state index contributed by atoms with van der Waals surface area (Å²) < 4.78 is 10.5. The maximum atomic E-state index is 11.5. The van der Waals surface area contributed by atoms with Crippen molar-refractivity contribution in [3.8, 4) is 5.75 Å². The summed E-state index contributed by atoms with van der Waals surface area (Å²) in [6.07, 6.45) is 3.96. The first-order chi connectivity index (χ1) is 8.74. The number of carbonyl (C=O) groups excluding carboxylic acids is 1. The van der Waals surface area contributed by atoms with Crippen molar-refractivity contribution < 1.29 is 14.3 Å². The second-order valence-electron chi connectivity index (χ2n) is 4.74. The molecule has 0 amide bonds. The van der Waals surface area contributed by atoms with E-state index in [1.807, 2.05) is 19.1 Å². The Morgan fingerprint density at radius 2 is 2.06 bits per heavy atom. The fraction of sp³-hybridized carbons (Fsp3) is 0.533. The van der Waals surface area contributed by atoms with E-state index in [0.29, 0.717) is 6.61 Å². The Morgan fingerprint density at radius 3 is 2.67 bits per heavy atom. The van der Waals surface area contributed by atoms with Crippen LogP contribution >= 0.6 is 0 Å². The molecule has 0 spiro atoms. The maximum absolute atomic E-state index is 11.5. The molecular formula is C15H20O3. The van der Waals surface area contributed by atoms with Crippen molar-refractivity contribution in [3.63, 3.8) is 0 Å². The highest BCUT2D eigenvalue weighted by molar-refractivity contribution is 5.73. The van der Waals surface area contributed by atoms with Gasteiger partial charge >= 0.3 is 5.97 Å². The van der Waals surface area contributed by atoms with Gasteiger partial charge in [-0.3, -0.25) is 4.79 Å². The fourth-order valence-corrected chi connectivity index (χ4v) is 2.20. The van der Waals surface area contributed by atoms with E-state index < -0.39 is 0 Å². The van der Waals surface area contributed by atoms with Gasteiger partial charge in [0.1, 0.15) is 5.75 Å². The summed E-state index contributed by atoms with van der Waals surface area (Å²) in [4.78, 5) is 11.5. The summed E-state index contributed by atoms with van der Waals surface area (Å²) in [6, 6.07) is 6.02. The third-order valence-corrected chi connectivity index (χ3v) is 3.23. The minimum absolute atomic E-state index is 0.195. The predicted molar refractivity (Wildman–Crippen MR) is 69.8 cm³/mol. The van der Waals surface area contributed by atoms with E-state index in [4.69, 9.17) is 9.47 Å². The van der Waals surface area contributed by atoms with Gasteiger partial charge in [0.05, 0.1) is 20.1 Å². The van der Waals surface area contributed by atoms with Crippen LogP contribution < -0.4 is 4.74 Å². The van der Waals surface area contributed by atoms with Crippen molar-refractivity contribution in [2.45, 2.75) is 32.6 Å². The highest BCUT2D eigenvalue weighted by Crippen LogP contribution is 2.36. The summed E-state index contributed by atoms with van der Waals surface area (Å²) in [5.41, 5.74) is 2.14. The molecule has 18 heavy (non-hydrogen) atoms. The quantitative estimate of drug-likeness (QED) is 0.726. The molecule has 0 radical (unpaired) electrons. The predicted octanol–water partition coefficient (Wildman–Crippen LogP) is 2.75. The first kappa shape index (κ1) is 12.9. The zero-order valence-corrected chi connectivity index (χ0v) is 11.1. The Balaban J connectivity index is 2.14. The first-order valence-electron chi connectivity index (χ1n) is 6.55. The zero-order chi connectivity index (χ0) is 13.0. The Hall–Kier alpha value is -1.51. The number of rotatable bonds is 6. The summed E-state index contributed by atoms with van der Waals surface area (Å²) in [6.45, 7) is 2.24. The lowest BCUT2D eigenvalue weighted by Crippen LogP contribution is -2.09. The topological polar surface area (TPSA) is 35.5 Å². The largest absolute Gasteiger partial charge is 0.496 e. The molecule has 0 unspecified atom stereocenters. The normalized spacial score (nSPS) is 14.3. The fourth-order valence-electron chi connectivity index (χ4n) is 2.20. The van der Waals surface area contributed by atoms with Crippen LogP contribution in [0.3, 0.4) is 0 Å². The molecular weight excluding hydrogens is 228 g/mol. The third kappa shape index (κ3) is 3.25. The van der Waals surface area contributed by atoms with Crippen LogP contribution in [0.1, 0.15) is 30.9 Å². The molecule has 0 aliphatic heterocycles. The van der Waals surface area contributed by atoms with Crippen LogP contribution in [0, 0.1) is 5.92 Å². The molecule has 1 aliphatic carbocycles. The minimum Gasteiger partial charge on any atom is -0.496 e. The van der Waals surface area contributed by atoms with E-state index in [2.05, 4.69) is 6.07 Å². The van der Waals surface area contributed by atoms with Gasteiger partial charge in [0.2, 0.25) is 0 Å². The average molecular weight is 248 g/mol. The molecule has 0 saturated heterocycles. The van der Waals surface area contributed by atoms with Crippen LogP contribution in [0.25, 0.3) is 0 Å². The van der Waals surface area contributed by atoms with Gasteiger partial charge in [-0.25, -0.2) is 0 Å². The Bertz CT molecular complexity index is 422. The smallest absolute Gasteiger partial charge is 0.310 e. The van der Waals surface area contributed by atoms with Gasteiger partial charge in [-0.2, -0.15) is 0 Å². The van der Waals surface area contributed by atoms with Gasteiger partial charge in [0.15, 0.2) is 0 Å². The van der Waals surface area contributed by atoms with Crippen LogP contribution in [0.15, 0.2) is 18.2 Å². The highest BCUT2D eigenvalue weighted by Gasteiger charge is 2.24. The average Bonchev–Trinajstić information content (AvgIpc) is 3.14. The molecule has 0 N–H and O–H groups in total. The van der Waals surface area contributed by atoms with Gasteiger partial charge in [-0.15, -0.1) is 0 Å². The van der Waals surface area contributed by atoms with E-state index >= 15 is 0 Å². The van der Waals surface area contributed by atoms with Crippen molar-refractivity contribution in [2.24, 2.45) is 5.92 Å². The number of hydrogen-bond donors (Lipinski definition) is 0. The van der Waals surface area contributed by atoms with Gasteiger partial charge in [-0.1, -0.05) is 18.2 Å². The van der Waals surface area contributed by atoms with Crippen molar-refractivity contribution in [2.75, 3.05) is 13.7 Å². The number of esters is 1. The van der Waals surface area contributed by atoms with Crippen molar-refractivity contribution in [3.05, 3.63) is 29.3 Å². The van der Waals surface area contributed by atoms with Gasteiger partial charge in [-0.05, 0) is 37.7 Å². The van der Waals surface area contributed by atoms with Crippen LogP contribution in [0.5, 0.6) is 5.75 Å². The SMILES string of the molecule is CCOC(=O)Cc1cccc(CC2CC2)c1OC. The molecule has 3 nitrogen and oxygen atoms in total. The van der Waals surface area contributed by atoms with E-state index in [0.717, 1.165) is 23.7 Å². The first-order valence-corrected chi connectivity index (χ1v) is 6.55. The number of methoxy groups -OCH3 is 1. The van der Waals surface area contributed by atoms with E-state index in [1.165, 1.54) is 18.4 Å². The molecule has 1 aliphatic rings. The molecule has 0 heterocycles. The van der Waals surface area contributed by atoms with Gasteiger partial charge in [0.25, 0.3) is 0 Å². The highest BCUT2D eigenvalue weighted by atomic mass is 16.5. The monoisotopic (exact) mass is 248 g/mol. The summed E-state index contributed by atoms with van der Waals surface area (Å²) in [5.74, 6) is 1.47. The van der Waals surface area contributed by atoms with Crippen LogP contribution in [0.2, 0.25) is 0 Å². The third-order valence-electron chi connectivity index (χ3n) is 3.23. The van der Waals surface area contributed by atoms with Gasteiger partial charge in [0, 0.05) is 5.56 Å². The van der Waals surface area contributed by atoms with E-state index in [9.17, 15) is 4.79 Å². The van der Waals surface area contributed by atoms with Gasteiger partial charge < -0.3 is 9.47 Å². The zero-order valence-electron chi connectivity index (χ0n) is 11.1. The lowest BCUT2D eigenvalue weighted by atomic mass is 10.0. The number of benzene rings is 1. The molecule has 2 rings (SSSR count). The number of hydrogen-bond acceptors (Lipinski definition) is 3. The standard InChI is InChI=1S/C15H20O3/c1-3-18-14(16)10-13-6-4-5-12(15(13)17-2)9-11-7-8-11/h4-6,11H,3,7-10H2,1-2H3. The summed E-state index contributed by atoms with van der Waals surface area (Å²) in [5, 5.41) is 0. The second-order valence-corrected chi connectivity index (χ2v) is 4.74. The molecule has 0 atom stereocenters. The molecule has 1 saturated carbocycles. The maximum Gasteiger partial charge on any atom is 0.310 e. The summed E-state index contributed by atoms with van der Waals surface area (Å²) in [7, 11) is 1.67.